The summed E-state index contributed by atoms with van der Waals surface area (Å²) >= 11 is 0. The molecule has 0 aliphatic carbocycles. The molecule has 1 amide bonds. The van der Waals surface area contributed by atoms with Gasteiger partial charge in [0.15, 0.2) is 5.76 Å². The summed E-state index contributed by atoms with van der Waals surface area (Å²) in [5.74, 6) is -0.229. The molecule has 3 atom stereocenters. The second kappa shape index (κ2) is 16.0. The molecule has 2 fully saturated rings. The number of carbonyl (C=O) groups is 2. The first-order valence-corrected chi connectivity index (χ1v) is 16.4. The van der Waals surface area contributed by atoms with Crippen molar-refractivity contribution in [2.24, 2.45) is 5.92 Å². The average Bonchev–Trinajstić information content (AvgIpc) is 3.45. The molecule has 3 aliphatic heterocycles. The van der Waals surface area contributed by atoms with Crippen LogP contribution in [0.5, 0.6) is 0 Å². The zero-order valence-electron chi connectivity index (χ0n) is 26.3. The average molecular weight is 612 g/mol. The van der Waals surface area contributed by atoms with Gasteiger partial charge in [0.1, 0.15) is 0 Å². The monoisotopic (exact) mass is 611 g/mol. The summed E-state index contributed by atoms with van der Waals surface area (Å²) < 4.78 is 25.4. The Labute approximate surface area is 260 Å². The van der Waals surface area contributed by atoms with Crippen molar-refractivity contribution in [3.05, 3.63) is 47.9 Å². The summed E-state index contributed by atoms with van der Waals surface area (Å²) in [7, 11) is 0. The molecular formula is C34H49N3O7. The van der Waals surface area contributed by atoms with Crippen molar-refractivity contribution >= 4 is 22.7 Å². The number of nitrogens with zero attached hydrogens (tertiary/aromatic N) is 3. The highest BCUT2D eigenvalue weighted by atomic mass is 16.7. The summed E-state index contributed by atoms with van der Waals surface area (Å²) in [5.41, 5.74) is 1.81. The molecule has 5 rings (SSSR count). The van der Waals surface area contributed by atoms with Gasteiger partial charge in [0, 0.05) is 62.7 Å². The maximum atomic E-state index is 14.0. The lowest BCUT2D eigenvalue weighted by molar-refractivity contribution is -0.172. The van der Waals surface area contributed by atoms with E-state index in [-0.39, 0.29) is 36.9 Å². The van der Waals surface area contributed by atoms with E-state index in [4.69, 9.17) is 24.1 Å². The number of amides is 1. The fraction of sp³-hybridized carbons (Fsp3) is 0.647. The van der Waals surface area contributed by atoms with Crippen molar-refractivity contribution in [2.75, 3.05) is 65.8 Å². The molecule has 242 valence electrons. The SMILES string of the molecule is CCO[C@@H]1OC(C(=O)N2CCC(N3CCCCC3)CC2)=C[C@H](c2cn(C(C)=O)c3ccccc23)[C@H]1CCOCCOCCO. The van der Waals surface area contributed by atoms with Gasteiger partial charge in [-0.3, -0.25) is 14.2 Å². The van der Waals surface area contributed by atoms with Crippen LogP contribution in [0.25, 0.3) is 10.9 Å². The molecule has 1 aromatic heterocycles. The molecule has 0 saturated carbocycles. The van der Waals surface area contributed by atoms with Gasteiger partial charge in [-0.1, -0.05) is 24.6 Å². The minimum atomic E-state index is -0.645. The number of likely N-dealkylation sites (tertiary alicyclic amines) is 2. The number of para-hydroxylation sites is 1. The standard InChI is InChI=1S/C34H49N3O7/c1-3-43-34-28(13-19-41-21-22-42-20-18-38)29(30-24-37(25(2)39)31-10-6-5-9-27(30)31)23-32(44-34)33(40)36-16-11-26(12-17-36)35-14-7-4-8-15-35/h5-6,9-10,23-24,26,28-29,34,38H,3-4,7-8,11-22H2,1-2H3/t28-,29+,34-/m1/s1. The molecule has 2 saturated heterocycles. The number of aliphatic hydroxyl groups is 1. The van der Waals surface area contributed by atoms with Gasteiger partial charge in [0.2, 0.25) is 12.2 Å². The van der Waals surface area contributed by atoms with Crippen LogP contribution in [0.3, 0.4) is 0 Å². The van der Waals surface area contributed by atoms with Crippen molar-refractivity contribution < 1.29 is 33.6 Å². The second-order valence-corrected chi connectivity index (χ2v) is 12.0. The maximum absolute atomic E-state index is 14.0. The highest BCUT2D eigenvalue weighted by Crippen LogP contribution is 2.42. The number of allylic oxidation sites excluding steroid dienone is 1. The van der Waals surface area contributed by atoms with Crippen LogP contribution in [0.4, 0.5) is 0 Å². The van der Waals surface area contributed by atoms with Crippen LogP contribution in [-0.2, 0) is 23.7 Å². The Morgan fingerprint density at radius 2 is 1.70 bits per heavy atom. The molecule has 1 N–H and O–H groups in total. The Kier molecular flexibility index (Phi) is 11.9. The zero-order valence-corrected chi connectivity index (χ0v) is 26.3. The van der Waals surface area contributed by atoms with Crippen molar-refractivity contribution in [2.45, 2.75) is 70.6 Å². The Balaban J connectivity index is 1.39. The molecule has 10 heteroatoms. The van der Waals surface area contributed by atoms with E-state index in [0.29, 0.717) is 57.7 Å². The predicted molar refractivity (Wildman–Crippen MR) is 167 cm³/mol. The number of aliphatic hydroxyl groups excluding tert-OH is 1. The van der Waals surface area contributed by atoms with E-state index in [1.54, 1.807) is 11.5 Å². The van der Waals surface area contributed by atoms with E-state index in [2.05, 4.69) is 4.90 Å². The lowest BCUT2D eigenvalue weighted by Crippen LogP contribution is -2.49. The zero-order chi connectivity index (χ0) is 30.9. The second-order valence-electron chi connectivity index (χ2n) is 12.0. The quantitative estimate of drug-likeness (QED) is 0.337. The molecule has 1 aromatic carbocycles. The van der Waals surface area contributed by atoms with Gasteiger partial charge >= 0.3 is 0 Å². The number of fused-ring (bicyclic) bond motifs is 1. The van der Waals surface area contributed by atoms with Gasteiger partial charge in [-0.05, 0) is 69.8 Å². The summed E-state index contributed by atoms with van der Waals surface area (Å²) in [5, 5.41) is 9.90. The number of hydrogen-bond donors (Lipinski definition) is 1. The largest absolute Gasteiger partial charge is 0.459 e. The fourth-order valence-electron chi connectivity index (χ4n) is 7.00. The van der Waals surface area contributed by atoms with Crippen LogP contribution < -0.4 is 0 Å². The molecule has 0 radical (unpaired) electrons. The number of rotatable bonds is 13. The third-order valence-electron chi connectivity index (χ3n) is 9.23. The summed E-state index contributed by atoms with van der Waals surface area (Å²) in [4.78, 5) is 31.2. The molecule has 10 nitrogen and oxygen atoms in total. The molecule has 2 aromatic rings. The molecule has 0 unspecified atom stereocenters. The lowest BCUT2D eigenvalue weighted by atomic mass is 9.81. The normalized spacial score (nSPS) is 23.5. The van der Waals surface area contributed by atoms with Crippen LogP contribution in [0, 0.1) is 5.92 Å². The predicted octanol–water partition coefficient (Wildman–Crippen LogP) is 4.17. The van der Waals surface area contributed by atoms with Gasteiger partial charge < -0.3 is 33.9 Å². The smallest absolute Gasteiger partial charge is 0.288 e. The first kappa shape index (κ1) is 32.6. The van der Waals surface area contributed by atoms with Crippen molar-refractivity contribution in [1.82, 2.24) is 14.4 Å². The van der Waals surface area contributed by atoms with Gasteiger partial charge in [-0.15, -0.1) is 0 Å². The van der Waals surface area contributed by atoms with E-state index in [1.807, 2.05) is 48.4 Å². The topological polar surface area (TPSA) is 103 Å². The fourth-order valence-corrected chi connectivity index (χ4v) is 7.00. The first-order chi connectivity index (χ1) is 21.5. The maximum Gasteiger partial charge on any atom is 0.288 e. The van der Waals surface area contributed by atoms with E-state index in [1.165, 1.54) is 32.4 Å². The Morgan fingerprint density at radius 3 is 2.41 bits per heavy atom. The molecule has 3 aliphatic rings. The van der Waals surface area contributed by atoms with E-state index >= 15 is 0 Å². The Morgan fingerprint density at radius 1 is 0.977 bits per heavy atom. The van der Waals surface area contributed by atoms with E-state index in [0.717, 1.165) is 29.3 Å². The molecule has 4 heterocycles. The number of ether oxygens (including phenoxy) is 4. The van der Waals surface area contributed by atoms with E-state index in [9.17, 15) is 9.59 Å². The first-order valence-electron chi connectivity index (χ1n) is 16.4. The number of benzene rings is 1. The summed E-state index contributed by atoms with van der Waals surface area (Å²) in [6.07, 6.45) is 9.65. The number of aromatic nitrogens is 1. The summed E-state index contributed by atoms with van der Waals surface area (Å²) in [6.45, 7) is 9.20. The molecule has 0 spiro atoms. The highest BCUT2D eigenvalue weighted by molar-refractivity contribution is 5.95. The van der Waals surface area contributed by atoms with Crippen molar-refractivity contribution in [3.8, 4) is 0 Å². The minimum absolute atomic E-state index is 0.0190. The molecule has 0 bridgehead atoms. The van der Waals surface area contributed by atoms with Gasteiger partial charge in [-0.2, -0.15) is 0 Å². The van der Waals surface area contributed by atoms with Gasteiger partial charge in [-0.25, -0.2) is 0 Å². The minimum Gasteiger partial charge on any atom is -0.459 e. The van der Waals surface area contributed by atoms with Crippen LogP contribution in [0.1, 0.15) is 68.6 Å². The van der Waals surface area contributed by atoms with Gasteiger partial charge in [0.05, 0.1) is 31.9 Å². The van der Waals surface area contributed by atoms with Crippen LogP contribution >= 0.6 is 0 Å². The van der Waals surface area contributed by atoms with Crippen LogP contribution in [0.2, 0.25) is 0 Å². The van der Waals surface area contributed by atoms with Crippen LogP contribution in [0.15, 0.2) is 42.3 Å². The Bertz CT molecular complexity index is 1260. The third kappa shape index (κ3) is 7.72. The van der Waals surface area contributed by atoms with Crippen molar-refractivity contribution in [3.63, 3.8) is 0 Å². The van der Waals surface area contributed by atoms with E-state index < -0.39 is 6.29 Å². The van der Waals surface area contributed by atoms with Gasteiger partial charge in [0.25, 0.3) is 5.91 Å². The number of hydrogen-bond acceptors (Lipinski definition) is 8. The molecular weight excluding hydrogens is 562 g/mol. The van der Waals surface area contributed by atoms with Crippen LogP contribution in [-0.4, -0.2) is 109 Å². The molecule has 44 heavy (non-hydrogen) atoms. The Hall–Kier alpha value is -2.76. The summed E-state index contributed by atoms with van der Waals surface area (Å²) in [6, 6.07) is 8.43. The lowest BCUT2D eigenvalue weighted by Gasteiger charge is -2.41. The third-order valence-corrected chi connectivity index (χ3v) is 9.23. The number of carbonyl (C=O) groups excluding carboxylic acids is 2. The van der Waals surface area contributed by atoms with Crippen molar-refractivity contribution in [1.29, 1.82) is 0 Å². The highest BCUT2D eigenvalue weighted by Gasteiger charge is 2.41. The number of piperidine rings is 2.